The molecule has 3 aromatic carbocycles. The molecule has 1 atom stereocenters. The van der Waals surface area contributed by atoms with Gasteiger partial charge in [-0.15, -0.1) is 0 Å². The first kappa shape index (κ1) is 20.7. The van der Waals surface area contributed by atoms with Gasteiger partial charge in [0.2, 0.25) is 0 Å². The van der Waals surface area contributed by atoms with Gasteiger partial charge < -0.3 is 10.0 Å². The van der Waals surface area contributed by atoms with Gasteiger partial charge >= 0.3 is 0 Å². The fraction of sp³-hybridized carbons (Fsp3) is 0.120. The molecule has 4 rings (SSSR count). The van der Waals surface area contributed by atoms with E-state index in [-0.39, 0.29) is 11.3 Å². The van der Waals surface area contributed by atoms with E-state index < -0.39 is 17.7 Å². The van der Waals surface area contributed by atoms with Crippen LogP contribution in [-0.4, -0.2) is 30.9 Å². The fourth-order valence-electron chi connectivity index (χ4n) is 3.72. The van der Waals surface area contributed by atoms with E-state index in [9.17, 15) is 14.7 Å². The molecule has 0 bridgehead atoms. The number of hydrogen-bond donors (Lipinski definition) is 1. The van der Waals surface area contributed by atoms with Gasteiger partial charge in [0.05, 0.1) is 11.6 Å². The lowest BCUT2D eigenvalue weighted by atomic mass is 9.95. The highest BCUT2D eigenvalue weighted by Crippen LogP contribution is 2.42. The summed E-state index contributed by atoms with van der Waals surface area (Å²) in [5.74, 6) is -1.63. The molecule has 0 aromatic heterocycles. The number of amides is 1. The van der Waals surface area contributed by atoms with Crippen molar-refractivity contribution in [3.05, 3.63) is 101 Å². The van der Waals surface area contributed by atoms with Gasteiger partial charge in [-0.25, -0.2) is 0 Å². The maximum absolute atomic E-state index is 13.1. The zero-order valence-electron chi connectivity index (χ0n) is 17.1. The molecule has 156 valence electrons. The first-order valence-corrected chi connectivity index (χ1v) is 10.2. The van der Waals surface area contributed by atoms with E-state index in [4.69, 9.17) is 11.6 Å². The van der Waals surface area contributed by atoms with Gasteiger partial charge in [-0.05, 0) is 54.1 Å². The summed E-state index contributed by atoms with van der Waals surface area (Å²) in [5.41, 5.74) is 2.75. The summed E-state index contributed by atoms with van der Waals surface area (Å²) in [5, 5.41) is 11.6. The predicted octanol–water partition coefficient (Wildman–Crippen LogP) is 5.03. The average Bonchev–Trinajstić information content (AvgIpc) is 3.05. The molecule has 3 aromatic rings. The zero-order valence-corrected chi connectivity index (χ0v) is 17.9. The molecule has 1 aliphatic heterocycles. The van der Waals surface area contributed by atoms with E-state index >= 15 is 0 Å². The van der Waals surface area contributed by atoms with Crippen molar-refractivity contribution in [3.63, 3.8) is 0 Å². The van der Waals surface area contributed by atoms with Crippen LogP contribution in [0.4, 0.5) is 11.4 Å². The van der Waals surface area contributed by atoms with Gasteiger partial charge in [-0.2, -0.15) is 0 Å². The number of carbonyl (C=O) groups is 2. The Kier molecular flexibility index (Phi) is 5.53. The first-order chi connectivity index (χ1) is 14.9. The second-order valence-corrected chi connectivity index (χ2v) is 7.93. The zero-order chi connectivity index (χ0) is 22.1. The summed E-state index contributed by atoms with van der Waals surface area (Å²) in [4.78, 5) is 29.6. The molecule has 1 aliphatic rings. The summed E-state index contributed by atoms with van der Waals surface area (Å²) < 4.78 is 0. The molecule has 0 aliphatic carbocycles. The van der Waals surface area contributed by atoms with Crippen molar-refractivity contribution in [2.45, 2.75) is 6.04 Å². The van der Waals surface area contributed by atoms with Crippen molar-refractivity contribution < 1.29 is 14.7 Å². The Hall–Kier alpha value is -3.57. The fourth-order valence-corrected chi connectivity index (χ4v) is 3.85. The van der Waals surface area contributed by atoms with Crippen molar-refractivity contribution in [2.24, 2.45) is 0 Å². The van der Waals surface area contributed by atoms with Crippen molar-refractivity contribution in [1.82, 2.24) is 0 Å². The van der Waals surface area contributed by atoms with Crippen LogP contribution < -0.4 is 9.80 Å². The average molecular weight is 433 g/mol. The van der Waals surface area contributed by atoms with Crippen LogP contribution in [0, 0.1) is 0 Å². The number of benzene rings is 3. The van der Waals surface area contributed by atoms with Gasteiger partial charge in [-0.1, -0.05) is 41.9 Å². The molecule has 1 saturated heterocycles. The third kappa shape index (κ3) is 3.80. The quantitative estimate of drug-likeness (QED) is 0.357. The smallest absolute Gasteiger partial charge is 0.300 e. The molecule has 1 heterocycles. The lowest BCUT2D eigenvalue weighted by molar-refractivity contribution is -0.132. The Labute approximate surface area is 185 Å². The van der Waals surface area contributed by atoms with E-state index in [2.05, 4.69) is 0 Å². The Morgan fingerprint density at radius 2 is 1.52 bits per heavy atom. The monoisotopic (exact) mass is 432 g/mol. The van der Waals surface area contributed by atoms with E-state index in [1.54, 1.807) is 36.4 Å². The summed E-state index contributed by atoms with van der Waals surface area (Å²) in [6.45, 7) is 0. The molecule has 6 heteroatoms. The standard InChI is InChI=1S/C25H21ClN2O3/c1-27(2)19-12-14-20(15-13-19)28-22(16-6-4-3-5-7-16)21(24(30)25(28)31)23(29)17-8-10-18(26)11-9-17/h3-15,22,29H,1-2H3/t22-/m1/s1. The number of nitrogens with zero attached hydrogens (tertiary/aromatic N) is 2. The van der Waals surface area contributed by atoms with Gasteiger partial charge in [-0.3, -0.25) is 14.5 Å². The molecule has 0 saturated carbocycles. The third-order valence-corrected chi connectivity index (χ3v) is 5.57. The van der Waals surface area contributed by atoms with Crippen LogP contribution in [0.25, 0.3) is 5.76 Å². The van der Waals surface area contributed by atoms with Crippen molar-refractivity contribution in [3.8, 4) is 0 Å². The topological polar surface area (TPSA) is 60.9 Å². The summed E-state index contributed by atoms with van der Waals surface area (Å²) in [6.07, 6.45) is 0. The summed E-state index contributed by atoms with van der Waals surface area (Å²) in [6, 6.07) is 22.4. The molecule has 0 unspecified atom stereocenters. The highest BCUT2D eigenvalue weighted by Gasteiger charge is 2.46. The largest absolute Gasteiger partial charge is 0.507 e. The Morgan fingerprint density at radius 1 is 0.903 bits per heavy atom. The number of Topliss-reactive ketones (excluding diaryl/α,β-unsaturated/α-hetero) is 1. The molecule has 5 nitrogen and oxygen atoms in total. The number of hydrogen-bond acceptors (Lipinski definition) is 4. The maximum Gasteiger partial charge on any atom is 0.300 e. The highest BCUT2D eigenvalue weighted by atomic mass is 35.5. The molecule has 0 radical (unpaired) electrons. The summed E-state index contributed by atoms with van der Waals surface area (Å²) in [7, 11) is 3.86. The molecule has 1 fully saturated rings. The second-order valence-electron chi connectivity index (χ2n) is 7.50. The van der Waals surface area contributed by atoms with Crippen LogP contribution in [0.1, 0.15) is 17.2 Å². The van der Waals surface area contributed by atoms with Crippen LogP contribution in [0.3, 0.4) is 0 Å². The minimum Gasteiger partial charge on any atom is -0.507 e. The number of halogens is 1. The predicted molar refractivity (Wildman–Crippen MR) is 123 cm³/mol. The van der Waals surface area contributed by atoms with Crippen LogP contribution >= 0.6 is 11.6 Å². The van der Waals surface area contributed by atoms with Crippen LogP contribution in [0.15, 0.2) is 84.4 Å². The van der Waals surface area contributed by atoms with Crippen molar-refractivity contribution >= 4 is 40.4 Å². The Balaban J connectivity index is 1.89. The van der Waals surface area contributed by atoms with E-state index in [0.29, 0.717) is 16.3 Å². The number of aliphatic hydroxyl groups is 1. The number of carbonyl (C=O) groups excluding carboxylic acids is 2. The van der Waals surface area contributed by atoms with E-state index in [1.807, 2.05) is 61.5 Å². The molecule has 31 heavy (non-hydrogen) atoms. The summed E-state index contributed by atoms with van der Waals surface area (Å²) >= 11 is 5.96. The minimum atomic E-state index is -0.748. The third-order valence-electron chi connectivity index (χ3n) is 5.32. The Bertz CT molecular complexity index is 1150. The van der Waals surface area contributed by atoms with E-state index in [1.165, 1.54) is 4.90 Å². The lowest BCUT2D eigenvalue weighted by Crippen LogP contribution is -2.29. The van der Waals surface area contributed by atoms with Crippen molar-refractivity contribution in [1.29, 1.82) is 0 Å². The maximum atomic E-state index is 13.1. The SMILES string of the molecule is CN(C)c1ccc(N2C(=O)C(=O)C(=C(O)c3ccc(Cl)cc3)[C@H]2c2ccccc2)cc1. The highest BCUT2D eigenvalue weighted by molar-refractivity contribution is 6.51. The van der Waals surface area contributed by atoms with Gasteiger partial charge in [0.15, 0.2) is 0 Å². The first-order valence-electron chi connectivity index (χ1n) is 9.78. The van der Waals surface area contributed by atoms with Crippen LogP contribution in [0.2, 0.25) is 5.02 Å². The molecular formula is C25H21ClN2O3. The molecule has 1 N–H and O–H groups in total. The van der Waals surface area contributed by atoms with Gasteiger partial charge in [0, 0.05) is 36.1 Å². The van der Waals surface area contributed by atoms with Crippen LogP contribution in [0.5, 0.6) is 0 Å². The van der Waals surface area contributed by atoms with Crippen molar-refractivity contribution in [2.75, 3.05) is 23.9 Å². The number of ketones is 1. The Morgan fingerprint density at radius 3 is 2.10 bits per heavy atom. The number of aliphatic hydroxyl groups excluding tert-OH is 1. The van der Waals surface area contributed by atoms with Gasteiger partial charge in [0.25, 0.3) is 11.7 Å². The van der Waals surface area contributed by atoms with Crippen LogP contribution in [-0.2, 0) is 9.59 Å². The van der Waals surface area contributed by atoms with E-state index in [0.717, 1.165) is 11.3 Å². The lowest BCUT2D eigenvalue weighted by Gasteiger charge is -2.26. The normalized spacial score (nSPS) is 17.8. The molecular weight excluding hydrogens is 412 g/mol. The second kappa shape index (κ2) is 8.28. The number of anilines is 2. The molecule has 1 amide bonds. The minimum absolute atomic E-state index is 0.0511. The molecule has 0 spiro atoms. The van der Waals surface area contributed by atoms with Gasteiger partial charge in [0.1, 0.15) is 5.76 Å². The number of rotatable bonds is 4.